The molecule has 37 heavy (non-hydrogen) atoms. The smallest absolute Gasteiger partial charge is 0.318 e. The molecule has 1 aliphatic carbocycles. The molecule has 194 valence electrons. The van der Waals surface area contributed by atoms with Crippen molar-refractivity contribution in [1.82, 2.24) is 14.8 Å². The molecule has 1 aromatic carbocycles. The minimum atomic E-state index is -0.842. The fourth-order valence-electron chi connectivity index (χ4n) is 5.40. The summed E-state index contributed by atoms with van der Waals surface area (Å²) in [4.78, 5) is 30.9. The molecule has 3 heterocycles. The number of Topliss-reactive ketones (excluding diaryl/α,β-unsaturated/α-hetero) is 1. The Kier molecular flexibility index (Phi) is 6.96. The Hall–Kier alpha value is -3.36. The highest BCUT2D eigenvalue weighted by molar-refractivity contribution is 5.98. The van der Waals surface area contributed by atoms with Gasteiger partial charge in [-0.1, -0.05) is 23.8 Å². The van der Waals surface area contributed by atoms with Crippen molar-refractivity contribution in [2.24, 2.45) is 0 Å². The van der Waals surface area contributed by atoms with Crippen LogP contribution in [0, 0.1) is 13.8 Å². The van der Waals surface area contributed by atoms with Gasteiger partial charge in [0.1, 0.15) is 5.41 Å². The maximum Gasteiger partial charge on any atom is 0.318 e. The first-order valence-electron chi connectivity index (χ1n) is 12.9. The van der Waals surface area contributed by atoms with Crippen molar-refractivity contribution in [3.05, 3.63) is 76.9 Å². The molecule has 3 aromatic rings. The number of ether oxygens (including phenoxy) is 3. The van der Waals surface area contributed by atoms with Gasteiger partial charge in [-0.05, 0) is 57.4 Å². The number of carbonyl (C=O) groups excluding carboxylic acids is 2. The molecule has 1 spiro atoms. The summed E-state index contributed by atoms with van der Waals surface area (Å²) in [5, 5.41) is 4.44. The van der Waals surface area contributed by atoms with E-state index in [0.717, 1.165) is 16.9 Å². The second-order valence-electron chi connectivity index (χ2n) is 9.95. The van der Waals surface area contributed by atoms with Gasteiger partial charge in [-0.3, -0.25) is 14.6 Å². The fraction of sp³-hybridized carbons (Fsp3) is 0.448. The molecule has 2 aliphatic rings. The van der Waals surface area contributed by atoms with Gasteiger partial charge in [0.15, 0.2) is 11.6 Å². The van der Waals surface area contributed by atoms with E-state index in [-0.39, 0.29) is 18.2 Å². The van der Waals surface area contributed by atoms with E-state index in [1.165, 1.54) is 5.56 Å². The standard InChI is InChI=1S/C29H33N3O5/c1-4-35-27(34)28(11-13-29(14-12-28)36-15-16-37-29)26-10-7-22(18-30-26)17-25(33)24-19-31-32(21(24)3)23-8-5-20(2)6-9-23/h5-10,18-19H,4,11-17H2,1-3H3. The number of aromatic nitrogens is 3. The van der Waals surface area contributed by atoms with Gasteiger partial charge in [0, 0.05) is 25.5 Å². The van der Waals surface area contributed by atoms with Gasteiger partial charge in [-0.15, -0.1) is 0 Å². The predicted octanol–water partition coefficient (Wildman–Crippen LogP) is 4.43. The van der Waals surface area contributed by atoms with Crippen molar-refractivity contribution in [2.45, 2.75) is 64.1 Å². The summed E-state index contributed by atoms with van der Waals surface area (Å²) in [6, 6.07) is 11.8. The molecular formula is C29H33N3O5. The first kappa shape index (κ1) is 25.3. The Labute approximate surface area is 216 Å². The van der Waals surface area contributed by atoms with Gasteiger partial charge in [-0.25, -0.2) is 4.68 Å². The highest BCUT2D eigenvalue weighted by Gasteiger charge is 2.52. The molecule has 8 nitrogen and oxygen atoms in total. The topological polar surface area (TPSA) is 92.5 Å². The van der Waals surface area contributed by atoms with Gasteiger partial charge < -0.3 is 14.2 Å². The molecule has 0 atom stereocenters. The van der Waals surface area contributed by atoms with Crippen LogP contribution in [0.1, 0.15) is 65.5 Å². The number of ketones is 1. The van der Waals surface area contributed by atoms with Crippen LogP contribution in [0.2, 0.25) is 0 Å². The molecule has 1 saturated heterocycles. The summed E-state index contributed by atoms with van der Waals surface area (Å²) in [7, 11) is 0. The first-order valence-corrected chi connectivity index (χ1v) is 12.9. The van der Waals surface area contributed by atoms with Gasteiger partial charge in [0.25, 0.3) is 0 Å². The molecule has 0 N–H and O–H groups in total. The van der Waals surface area contributed by atoms with E-state index >= 15 is 0 Å². The van der Waals surface area contributed by atoms with E-state index in [9.17, 15) is 9.59 Å². The molecule has 8 heteroatoms. The highest BCUT2D eigenvalue weighted by Crippen LogP contribution is 2.46. The van der Waals surface area contributed by atoms with Crippen LogP contribution in [-0.4, -0.2) is 52.1 Å². The van der Waals surface area contributed by atoms with E-state index in [0.29, 0.717) is 56.8 Å². The molecular weight excluding hydrogens is 470 g/mol. The normalized spacial score (nSPS) is 18.1. The van der Waals surface area contributed by atoms with Crippen LogP contribution in [-0.2, 0) is 30.8 Å². The SMILES string of the molecule is CCOC(=O)C1(c2ccc(CC(=O)c3cnn(-c4ccc(C)cc4)c3C)cn2)CCC2(CC1)OCCO2. The Morgan fingerprint density at radius 1 is 0.973 bits per heavy atom. The molecule has 0 amide bonds. The largest absolute Gasteiger partial charge is 0.465 e. The lowest BCUT2D eigenvalue weighted by Crippen LogP contribution is -2.47. The van der Waals surface area contributed by atoms with Crippen molar-refractivity contribution in [3.63, 3.8) is 0 Å². The number of benzene rings is 1. The zero-order chi connectivity index (χ0) is 26.0. The van der Waals surface area contributed by atoms with Gasteiger partial charge in [0.05, 0.1) is 48.7 Å². The maximum absolute atomic E-state index is 13.1. The van der Waals surface area contributed by atoms with Crippen LogP contribution in [0.15, 0.2) is 48.8 Å². The number of esters is 1. The third-order valence-electron chi connectivity index (χ3n) is 7.61. The lowest BCUT2D eigenvalue weighted by molar-refractivity contribution is -0.191. The van der Waals surface area contributed by atoms with Crippen molar-refractivity contribution in [2.75, 3.05) is 19.8 Å². The first-order chi connectivity index (χ1) is 17.9. The number of carbonyl (C=O) groups is 2. The maximum atomic E-state index is 13.1. The van der Waals surface area contributed by atoms with Crippen molar-refractivity contribution < 1.29 is 23.8 Å². The van der Waals surface area contributed by atoms with Gasteiger partial charge >= 0.3 is 5.97 Å². The lowest BCUT2D eigenvalue weighted by Gasteiger charge is -2.41. The van der Waals surface area contributed by atoms with Crippen LogP contribution in [0.5, 0.6) is 0 Å². The minimum absolute atomic E-state index is 0.0272. The number of hydrogen-bond donors (Lipinski definition) is 0. The Bertz CT molecular complexity index is 1260. The Morgan fingerprint density at radius 3 is 2.30 bits per heavy atom. The van der Waals surface area contributed by atoms with Crippen LogP contribution < -0.4 is 0 Å². The number of pyridine rings is 1. The van der Waals surface area contributed by atoms with Crippen LogP contribution in [0.3, 0.4) is 0 Å². The molecule has 2 aromatic heterocycles. The van der Waals surface area contributed by atoms with Gasteiger partial charge in [-0.2, -0.15) is 5.10 Å². The molecule has 1 saturated carbocycles. The summed E-state index contributed by atoms with van der Waals surface area (Å²) >= 11 is 0. The molecule has 0 radical (unpaired) electrons. The monoisotopic (exact) mass is 503 g/mol. The number of aryl methyl sites for hydroxylation is 1. The molecule has 0 unspecified atom stereocenters. The van der Waals surface area contributed by atoms with Crippen molar-refractivity contribution in [1.29, 1.82) is 0 Å². The van der Waals surface area contributed by atoms with E-state index in [2.05, 4.69) is 10.1 Å². The zero-order valence-corrected chi connectivity index (χ0v) is 21.7. The third-order valence-corrected chi connectivity index (χ3v) is 7.61. The van der Waals surface area contributed by atoms with Crippen LogP contribution in [0.4, 0.5) is 0 Å². The summed E-state index contributed by atoms with van der Waals surface area (Å²) < 4.78 is 19.0. The molecule has 1 aliphatic heterocycles. The average molecular weight is 504 g/mol. The summed E-state index contributed by atoms with van der Waals surface area (Å²) in [5.74, 6) is -0.887. The second-order valence-corrected chi connectivity index (χ2v) is 9.95. The van der Waals surface area contributed by atoms with E-state index in [1.807, 2.05) is 57.2 Å². The van der Waals surface area contributed by atoms with Crippen molar-refractivity contribution in [3.8, 4) is 5.69 Å². The lowest BCUT2D eigenvalue weighted by atomic mass is 9.69. The summed E-state index contributed by atoms with van der Waals surface area (Å²) in [6.45, 7) is 7.21. The quantitative estimate of drug-likeness (QED) is 0.348. The summed E-state index contributed by atoms with van der Waals surface area (Å²) in [6.07, 6.45) is 5.81. The number of hydrogen-bond acceptors (Lipinski definition) is 7. The minimum Gasteiger partial charge on any atom is -0.465 e. The zero-order valence-electron chi connectivity index (χ0n) is 21.7. The van der Waals surface area contributed by atoms with Gasteiger partial charge in [0.2, 0.25) is 0 Å². The van der Waals surface area contributed by atoms with E-state index < -0.39 is 11.2 Å². The van der Waals surface area contributed by atoms with E-state index in [1.54, 1.807) is 17.1 Å². The highest BCUT2D eigenvalue weighted by atomic mass is 16.7. The van der Waals surface area contributed by atoms with E-state index in [4.69, 9.17) is 14.2 Å². The Balaban J connectivity index is 1.32. The molecule has 0 bridgehead atoms. The fourth-order valence-corrected chi connectivity index (χ4v) is 5.40. The molecule has 2 fully saturated rings. The Morgan fingerprint density at radius 2 is 1.68 bits per heavy atom. The second kappa shape index (κ2) is 10.2. The number of rotatable bonds is 7. The predicted molar refractivity (Wildman–Crippen MR) is 137 cm³/mol. The third kappa shape index (κ3) is 4.83. The summed E-state index contributed by atoms with van der Waals surface area (Å²) in [5.41, 5.74) is 4.07. The van der Waals surface area contributed by atoms with Crippen LogP contribution >= 0.6 is 0 Å². The number of nitrogens with zero attached hydrogens (tertiary/aromatic N) is 3. The average Bonchev–Trinajstić information content (AvgIpc) is 3.52. The van der Waals surface area contributed by atoms with Crippen LogP contribution in [0.25, 0.3) is 5.69 Å². The molecule has 5 rings (SSSR count). The van der Waals surface area contributed by atoms with Crippen molar-refractivity contribution >= 4 is 11.8 Å².